The van der Waals surface area contributed by atoms with Crippen molar-refractivity contribution < 1.29 is 9.53 Å². The second kappa shape index (κ2) is 7.29. The number of ether oxygens (including phenoxy) is 1. The third-order valence-corrected chi connectivity index (χ3v) is 3.63. The molecule has 0 spiro atoms. The van der Waals surface area contributed by atoms with Gasteiger partial charge in [-0.1, -0.05) is 32.0 Å². The molecule has 1 unspecified atom stereocenters. The van der Waals surface area contributed by atoms with Crippen molar-refractivity contribution >= 4 is 5.91 Å². The van der Waals surface area contributed by atoms with Crippen LogP contribution in [0, 0.1) is 5.92 Å². The smallest absolute Gasteiger partial charge is 0.224 e. The van der Waals surface area contributed by atoms with Crippen molar-refractivity contribution in [3.63, 3.8) is 0 Å². The van der Waals surface area contributed by atoms with Gasteiger partial charge in [-0.25, -0.2) is 0 Å². The van der Waals surface area contributed by atoms with Gasteiger partial charge in [0.1, 0.15) is 12.4 Å². The van der Waals surface area contributed by atoms with Gasteiger partial charge in [0, 0.05) is 6.54 Å². The van der Waals surface area contributed by atoms with Crippen LogP contribution in [0.4, 0.5) is 0 Å². The molecule has 1 fully saturated rings. The van der Waals surface area contributed by atoms with Crippen LogP contribution in [0.15, 0.2) is 24.3 Å². The lowest BCUT2D eigenvalue weighted by atomic mass is 10.0. The predicted octanol–water partition coefficient (Wildman–Crippen LogP) is 1.91. The van der Waals surface area contributed by atoms with Gasteiger partial charge in [0.15, 0.2) is 0 Å². The third-order valence-electron chi connectivity index (χ3n) is 3.63. The number of carbonyl (C=O) groups excluding carboxylic acids is 1. The van der Waals surface area contributed by atoms with E-state index in [9.17, 15) is 4.79 Å². The van der Waals surface area contributed by atoms with Crippen LogP contribution in [-0.2, 0) is 4.79 Å². The van der Waals surface area contributed by atoms with E-state index in [1.165, 1.54) is 5.56 Å². The fourth-order valence-electron chi connectivity index (χ4n) is 2.45. The van der Waals surface area contributed by atoms with Gasteiger partial charge in [0.2, 0.25) is 5.91 Å². The number of para-hydroxylation sites is 1. The van der Waals surface area contributed by atoms with Crippen LogP contribution in [0.25, 0.3) is 0 Å². The highest BCUT2D eigenvalue weighted by molar-refractivity contribution is 5.79. The SMILES string of the molecule is CC(C)c1ccccc1OCCNC(=O)C1CCNC1. The van der Waals surface area contributed by atoms with Crippen LogP contribution in [0.5, 0.6) is 5.75 Å². The van der Waals surface area contributed by atoms with E-state index in [2.05, 4.69) is 30.5 Å². The van der Waals surface area contributed by atoms with Gasteiger partial charge < -0.3 is 15.4 Å². The zero-order chi connectivity index (χ0) is 14.4. The Balaban J connectivity index is 1.74. The molecule has 1 heterocycles. The molecule has 2 rings (SSSR count). The highest BCUT2D eigenvalue weighted by Crippen LogP contribution is 2.25. The number of carbonyl (C=O) groups is 1. The molecule has 1 aromatic rings. The minimum absolute atomic E-state index is 0.123. The van der Waals surface area contributed by atoms with Gasteiger partial charge in [-0.2, -0.15) is 0 Å². The Bertz CT molecular complexity index is 440. The van der Waals surface area contributed by atoms with Crippen molar-refractivity contribution in [2.24, 2.45) is 5.92 Å². The number of rotatable bonds is 6. The van der Waals surface area contributed by atoms with E-state index < -0.39 is 0 Å². The molecule has 4 nitrogen and oxygen atoms in total. The molecular weight excluding hydrogens is 252 g/mol. The molecule has 1 amide bonds. The summed E-state index contributed by atoms with van der Waals surface area (Å²) in [4.78, 5) is 11.8. The first-order chi connectivity index (χ1) is 9.68. The molecule has 20 heavy (non-hydrogen) atoms. The summed E-state index contributed by atoms with van der Waals surface area (Å²) in [6, 6.07) is 8.07. The van der Waals surface area contributed by atoms with Crippen LogP contribution < -0.4 is 15.4 Å². The summed E-state index contributed by atoms with van der Waals surface area (Å²) in [6.07, 6.45) is 0.933. The topological polar surface area (TPSA) is 50.4 Å². The molecule has 1 aliphatic heterocycles. The van der Waals surface area contributed by atoms with E-state index in [1.54, 1.807) is 0 Å². The van der Waals surface area contributed by atoms with Crippen LogP contribution in [0.3, 0.4) is 0 Å². The number of nitrogens with one attached hydrogen (secondary N) is 2. The van der Waals surface area contributed by atoms with Gasteiger partial charge in [-0.05, 0) is 30.5 Å². The molecular formula is C16H24N2O2. The molecule has 1 aromatic carbocycles. The lowest BCUT2D eigenvalue weighted by Gasteiger charge is -2.14. The third kappa shape index (κ3) is 3.97. The zero-order valence-corrected chi connectivity index (χ0v) is 12.3. The first kappa shape index (κ1) is 14.9. The van der Waals surface area contributed by atoms with Gasteiger partial charge in [0.05, 0.1) is 12.5 Å². The summed E-state index contributed by atoms with van der Waals surface area (Å²) in [5.74, 6) is 1.61. The zero-order valence-electron chi connectivity index (χ0n) is 12.3. The molecule has 1 aliphatic rings. The summed E-state index contributed by atoms with van der Waals surface area (Å²) in [5.41, 5.74) is 1.21. The van der Waals surface area contributed by atoms with Gasteiger partial charge >= 0.3 is 0 Å². The molecule has 2 N–H and O–H groups in total. The highest BCUT2D eigenvalue weighted by atomic mass is 16.5. The molecule has 4 heteroatoms. The lowest BCUT2D eigenvalue weighted by Crippen LogP contribution is -2.34. The molecule has 0 aliphatic carbocycles. The van der Waals surface area contributed by atoms with Crippen molar-refractivity contribution in [1.29, 1.82) is 0 Å². The van der Waals surface area contributed by atoms with Crippen LogP contribution >= 0.6 is 0 Å². The quantitative estimate of drug-likeness (QED) is 0.780. The molecule has 0 aromatic heterocycles. The number of hydrogen-bond donors (Lipinski definition) is 2. The molecule has 110 valence electrons. The maximum Gasteiger partial charge on any atom is 0.224 e. The van der Waals surface area contributed by atoms with Gasteiger partial charge in [0.25, 0.3) is 0 Å². The summed E-state index contributed by atoms with van der Waals surface area (Å²) < 4.78 is 5.78. The molecule has 0 radical (unpaired) electrons. The Kier molecular flexibility index (Phi) is 5.41. The maximum atomic E-state index is 11.8. The predicted molar refractivity (Wildman–Crippen MR) is 80.0 cm³/mol. The molecule has 0 saturated carbocycles. The Labute approximate surface area is 120 Å². The summed E-state index contributed by atoms with van der Waals surface area (Å²) >= 11 is 0. The summed E-state index contributed by atoms with van der Waals surface area (Å²) in [7, 11) is 0. The number of hydrogen-bond acceptors (Lipinski definition) is 3. The van der Waals surface area contributed by atoms with Gasteiger partial charge in [-0.3, -0.25) is 4.79 Å². The second-order valence-electron chi connectivity index (χ2n) is 5.52. The van der Waals surface area contributed by atoms with Crippen LogP contribution in [0.1, 0.15) is 31.7 Å². The fraction of sp³-hybridized carbons (Fsp3) is 0.562. The minimum atomic E-state index is 0.123. The van der Waals surface area contributed by atoms with Crippen molar-refractivity contribution in [2.75, 3.05) is 26.2 Å². The van der Waals surface area contributed by atoms with Crippen LogP contribution in [-0.4, -0.2) is 32.1 Å². The molecule has 1 atom stereocenters. The second-order valence-corrected chi connectivity index (χ2v) is 5.52. The van der Waals surface area contributed by atoms with E-state index in [1.807, 2.05) is 18.2 Å². The standard InChI is InChI=1S/C16H24N2O2/c1-12(2)14-5-3-4-6-15(14)20-10-9-18-16(19)13-7-8-17-11-13/h3-6,12-13,17H,7-11H2,1-2H3,(H,18,19). The van der Waals surface area contributed by atoms with E-state index in [0.717, 1.165) is 25.3 Å². The van der Waals surface area contributed by atoms with E-state index in [4.69, 9.17) is 4.74 Å². The normalized spacial score (nSPS) is 18.2. The van der Waals surface area contributed by atoms with E-state index >= 15 is 0 Å². The maximum absolute atomic E-state index is 11.8. The largest absolute Gasteiger partial charge is 0.491 e. The van der Waals surface area contributed by atoms with Crippen molar-refractivity contribution in [3.05, 3.63) is 29.8 Å². The van der Waals surface area contributed by atoms with Crippen molar-refractivity contribution in [1.82, 2.24) is 10.6 Å². The summed E-state index contributed by atoms with van der Waals surface area (Å²) in [5, 5.41) is 6.14. The number of amides is 1. The lowest BCUT2D eigenvalue weighted by molar-refractivity contribution is -0.124. The monoisotopic (exact) mass is 276 g/mol. The molecule has 1 saturated heterocycles. The first-order valence-electron chi connectivity index (χ1n) is 7.38. The fourth-order valence-corrected chi connectivity index (χ4v) is 2.45. The van der Waals surface area contributed by atoms with Crippen molar-refractivity contribution in [3.8, 4) is 5.75 Å². The Hall–Kier alpha value is -1.55. The van der Waals surface area contributed by atoms with Crippen LogP contribution in [0.2, 0.25) is 0 Å². The Morgan fingerprint density at radius 1 is 1.45 bits per heavy atom. The average molecular weight is 276 g/mol. The van der Waals surface area contributed by atoms with E-state index in [0.29, 0.717) is 19.1 Å². The van der Waals surface area contributed by atoms with E-state index in [-0.39, 0.29) is 11.8 Å². The van der Waals surface area contributed by atoms with Crippen molar-refractivity contribution in [2.45, 2.75) is 26.2 Å². The minimum Gasteiger partial charge on any atom is -0.491 e. The first-order valence-corrected chi connectivity index (χ1v) is 7.38. The van der Waals surface area contributed by atoms with Gasteiger partial charge in [-0.15, -0.1) is 0 Å². The number of benzene rings is 1. The Morgan fingerprint density at radius 3 is 2.95 bits per heavy atom. The molecule has 0 bridgehead atoms. The summed E-state index contributed by atoms with van der Waals surface area (Å²) in [6.45, 7) is 7.10. The Morgan fingerprint density at radius 2 is 2.25 bits per heavy atom. The highest BCUT2D eigenvalue weighted by Gasteiger charge is 2.21. The average Bonchev–Trinajstić information content (AvgIpc) is 2.98.